The zero-order valence-electron chi connectivity index (χ0n) is 33.5. The summed E-state index contributed by atoms with van der Waals surface area (Å²) in [6, 6.07) is 43.3. The second kappa shape index (κ2) is 17.6. The minimum atomic E-state index is -2.80. The van der Waals surface area contributed by atoms with Gasteiger partial charge in [0, 0.05) is 0 Å². The largest absolute Gasteiger partial charge is 0.497 e. The van der Waals surface area contributed by atoms with Crippen molar-refractivity contribution in [3.63, 3.8) is 0 Å². The molecular weight excluding hydrogens is 904 g/mol. The summed E-state index contributed by atoms with van der Waals surface area (Å²) in [5.74, 6) is -1.30. The Bertz CT molecular complexity index is 2680. The van der Waals surface area contributed by atoms with E-state index < -0.39 is 45.7 Å². The molecule has 0 saturated carbocycles. The van der Waals surface area contributed by atoms with Gasteiger partial charge in [0.25, 0.3) is 11.5 Å². The Kier molecular flexibility index (Phi) is 11.9. The number of nitrogens with one attached hydrogen (secondary N) is 1. The molecule has 0 aliphatic carbocycles. The fourth-order valence-electron chi connectivity index (χ4n) is 7.60. The predicted molar refractivity (Wildman–Crippen MR) is 238 cm³/mol. The van der Waals surface area contributed by atoms with Crippen LogP contribution >= 0.6 is 22.6 Å². The molecule has 1 aliphatic rings. The van der Waals surface area contributed by atoms with Crippen LogP contribution in [0, 0.1) is 12.3 Å². The lowest BCUT2D eigenvalue weighted by Gasteiger charge is -2.37. The maximum atomic E-state index is 17.6. The smallest absolute Gasteiger partial charge is 0.339 e. The first-order chi connectivity index (χ1) is 30.2. The number of carbonyl (C=O) groups excluding carboxylic acids is 2. The summed E-state index contributed by atoms with van der Waals surface area (Å²) in [6.07, 6.45) is 3.97. The van der Waals surface area contributed by atoms with Gasteiger partial charge in [0.05, 0.1) is 35.6 Å². The average Bonchev–Trinajstić information content (AvgIpc) is 3.85. The van der Waals surface area contributed by atoms with Crippen LogP contribution in [0.3, 0.4) is 0 Å². The van der Waals surface area contributed by atoms with Gasteiger partial charge in [-0.1, -0.05) is 132 Å². The van der Waals surface area contributed by atoms with Gasteiger partial charge in [-0.2, -0.15) is 9.97 Å². The zero-order chi connectivity index (χ0) is 43.3. The van der Waals surface area contributed by atoms with Crippen LogP contribution in [0.25, 0.3) is 11.2 Å². The molecule has 0 amide bonds. The molecule has 62 heavy (non-hydrogen) atoms. The second-order valence-electron chi connectivity index (χ2n) is 14.2. The molecule has 3 heterocycles. The molecule has 1 N–H and O–H groups in total. The number of ether oxygens (including phenoxy) is 5. The Balaban J connectivity index is 1.33. The number of nitrogens with zero attached hydrogens (tertiary/aromatic N) is 4. The Morgan fingerprint density at radius 2 is 1.39 bits per heavy atom. The van der Waals surface area contributed by atoms with Gasteiger partial charge >= 0.3 is 11.9 Å². The molecule has 0 bridgehead atoms. The predicted octanol–water partition coefficient (Wildman–Crippen LogP) is 8.72. The molecule has 1 fully saturated rings. The molecular formula is C48H39FIN5O7. The number of esters is 2. The van der Waals surface area contributed by atoms with E-state index in [1.807, 2.05) is 84.9 Å². The number of fused-ring (bicyclic) bond motifs is 1. The van der Waals surface area contributed by atoms with Crippen LogP contribution in [0.5, 0.6) is 11.6 Å². The van der Waals surface area contributed by atoms with E-state index in [0.29, 0.717) is 5.75 Å². The summed E-state index contributed by atoms with van der Waals surface area (Å²) >= 11 is 1.78. The Hall–Kier alpha value is -6.83. The molecule has 1 saturated heterocycles. The van der Waals surface area contributed by atoms with Gasteiger partial charge in [0.2, 0.25) is 17.9 Å². The van der Waals surface area contributed by atoms with Crippen molar-refractivity contribution in [2.45, 2.75) is 36.3 Å². The molecule has 312 valence electrons. The first kappa shape index (κ1) is 41.9. The molecule has 2 aromatic heterocycles. The third kappa shape index (κ3) is 7.58. The lowest BCUT2D eigenvalue weighted by Crippen LogP contribution is -2.54. The molecule has 5 aromatic carbocycles. The fraction of sp³-hybridized carbons (Fsp3) is 0.188. The van der Waals surface area contributed by atoms with Crippen LogP contribution in [0.15, 0.2) is 152 Å². The van der Waals surface area contributed by atoms with Gasteiger partial charge < -0.3 is 29.0 Å². The lowest BCUT2D eigenvalue weighted by atomic mass is 9.77. The van der Waals surface area contributed by atoms with Crippen molar-refractivity contribution < 1.29 is 37.7 Å². The number of imidazole rings is 1. The Morgan fingerprint density at radius 3 is 1.92 bits per heavy atom. The van der Waals surface area contributed by atoms with Crippen molar-refractivity contribution >= 4 is 51.6 Å². The van der Waals surface area contributed by atoms with Gasteiger partial charge in [-0.25, -0.2) is 19.0 Å². The van der Waals surface area contributed by atoms with Gasteiger partial charge in [-0.05, 0) is 65.9 Å². The van der Waals surface area contributed by atoms with E-state index in [1.54, 1.807) is 73.0 Å². The SMILES string of the molecule is C#C[C@]1(OC(=O)c2ccccc2)[C@H](n2cnc3c(OCC)nc(NC(c4ccccc4)(c4ccccc4)c4ccc(OC)cc4)nc32)O[C@](F)(CI)[C@H]1OC(=O)c1ccccc1. The average molecular weight is 944 g/mol. The standard InChI is InChI=1S/C48H39FIN5O7/c1-4-46(61-42(57)33-20-12-7-13-21-33)43(60-41(56)32-18-10-6-11-19-32)47(49,30-50)62-44(46)55-31-51-38-39(55)52-45(53-40(38)59-5-2)54-48(34-22-14-8-15-23-34,35-24-16-9-17-25-35)36-26-28-37(58-3)29-27-36/h1,6-29,31,43-44H,5,30H2,2-3H3,(H,52,53,54)/t43-,44+,46+,47+/m0/s1. The van der Waals surface area contributed by atoms with E-state index in [-0.39, 0.29) is 40.7 Å². The number of anilines is 1. The zero-order valence-corrected chi connectivity index (χ0v) is 35.6. The van der Waals surface area contributed by atoms with E-state index in [1.165, 1.54) is 35.2 Å². The Morgan fingerprint density at radius 1 is 0.839 bits per heavy atom. The summed E-state index contributed by atoms with van der Waals surface area (Å²) in [4.78, 5) is 42.2. The highest BCUT2D eigenvalue weighted by Gasteiger charge is 2.70. The molecule has 0 spiro atoms. The maximum Gasteiger partial charge on any atom is 0.339 e. The van der Waals surface area contributed by atoms with Crippen molar-refractivity contribution in [3.05, 3.63) is 180 Å². The van der Waals surface area contributed by atoms with E-state index in [0.717, 1.165) is 16.7 Å². The number of hydrogen-bond acceptors (Lipinski definition) is 11. The number of hydrogen-bond donors (Lipinski definition) is 1. The van der Waals surface area contributed by atoms with E-state index >= 15 is 4.39 Å². The van der Waals surface area contributed by atoms with Crippen LogP contribution in [-0.4, -0.2) is 67.2 Å². The van der Waals surface area contributed by atoms with Crippen LogP contribution < -0.4 is 14.8 Å². The fourth-order valence-corrected chi connectivity index (χ4v) is 8.18. The van der Waals surface area contributed by atoms with Gasteiger partial charge in [0.15, 0.2) is 17.4 Å². The third-order valence-electron chi connectivity index (χ3n) is 10.5. The van der Waals surface area contributed by atoms with Crippen LogP contribution in [0.2, 0.25) is 0 Å². The monoisotopic (exact) mass is 943 g/mol. The topological polar surface area (TPSA) is 136 Å². The van der Waals surface area contributed by atoms with Crippen LogP contribution in [0.1, 0.15) is 50.6 Å². The number of alkyl halides is 2. The summed E-state index contributed by atoms with van der Waals surface area (Å²) in [7, 11) is 1.60. The number of methoxy groups -OCH3 is 1. The van der Waals surface area contributed by atoms with E-state index in [9.17, 15) is 9.59 Å². The van der Waals surface area contributed by atoms with Gasteiger partial charge in [-0.15, -0.1) is 6.42 Å². The number of benzene rings is 5. The number of aromatic nitrogens is 4. The molecule has 8 rings (SSSR count). The minimum Gasteiger partial charge on any atom is -0.497 e. The molecule has 0 unspecified atom stereocenters. The van der Waals surface area contributed by atoms with Crippen molar-refractivity contribution in [2.24, 2.45) is 0 Å². The maximum absolute atomic E-state index is 17.6. The molecule has 14 heteroatoms. The van der Waals surface area contributed by atoms with E-state index in [2.05, 4.69) is 16.2 Å². The summed E-state index contributed by atoms with van der Waals surface area (Å²) < 4.78 is 48.5. The minimum absolute atomic E-state index is 0.0712. The lowest BCUT2D eigenvalue weighted by molar-refractivity contribution is -0.168. The summed E-state index contributed by atoms with van der Waals surface area (Å²) in [5, 5.41) is 3.65. The van der Waals surface area contributed by atoms with Gasteiger partial charge in [-0.3, -0.25) is 4.57 Å². The third-order valence-corrected chi connectivity index (χ3v) is 11.6. The summed E-state index contributed by atoms with van der Waals surface area (Å²) in [5.41, 5.74) is -0.592. The molecule has 0 radical (unpaired) electrons. The number of halogens is 2. The van der Waals surface area contributed by atoms with Crippen LogP contribution in [0.4, 0.5) is 10.3 Å². The first-order valence-electron chi connectivity index (χ1n) is 19.6. The van der Waals surface area contributed by atoms with Gasteiger partial charge in [0.1, 0.15) is 11.3 Å². The van der Waals surface area contributed by atoms with Crippen LogP contribution in [-0.2, 0) is 19.7 Å². The molecule has 7 aromatic rings. The highest BCUT2D eigenvalue weighted by atomic mass is 127. The number of rotatable bonds is 14. The highest BCUT2D eigenvalue weighted by Crippen LogP contribution is 2.51. The molecule has 4 atom stereocenters. The normalized spacial score (nSPS) is 19.6. The second-order valence-corrected chi connectivity index (χ2v) is 14.9. The van der Waals surface area contributed by atoms with Crippen molar-refractivity contribution in [3.8, 4) is 24.0 Å². The van der Waals surface area contributed by atoms with Crippen molar-refractivity contribution in [1.29, 1.82) is 0 Å². The summed E-state index contributed by atoms with van der Waals surface area (Å²) in [6.45, 7) is 1.99. The Labute approximate surface area is 370 Å². The molecule has 1 aliphatic heterocycles. The van der Waals surface area contributed by atoms with E-state index in [4.69, 9.17) is 40.1 Å². The quantitative estimate of drug-likeness (QED) is 0.0369. The number of terminal acetylenes is 1. The first-order valence-corrected chi connectivity index (χ1v) is 21.1. The van der Waals surface area contributed by atoms with Crippen molar-refractivity contribution in [1.82, 2.24) is 19.5 Å². The number of carbonyl (C=O) groups is 2. The highest BCUT2D eigenvalue weighted by molar-refractivity contribution is 14.1. The van der Waals surface area contributed by atoms with Crippen molar-refractivity contribution in [2.75, 3.05) is 23.5 Å². The molecule has 12 nitrogen and oxygen atoms in total.